The molecule has 138 valence electrons. The lowest BCUT2D eigenvalue weighted by Gasteiger charge is -2.45. The number of aryl methyl sites for hydroxylation is 1. The van der Waals surface area contributed by atoms with Crippen LogP contribution in [0, 0.1) is 5.92 Å². The SMILES string of the molecule is CN1C(=O)CC(C(=O)O)C12CCN(Cc1ccc3ccn(C)c3c1)CC2. The largest absolute Gasteiger partial charge is 0.481 e. The monoisotopic (exact) mass is 355 g/mol. The molecule has 2 aliphatic rings. The average molecular weight is 355 g/mol. The Kier molecular flexibility index (Phi) is 4.03. The number of nitrogens with zero attached hydrogens (tertiary/aromatic N) is 3. The van der Waals surface area contributed by atoms with E-state index in [1.54, 1.807) is 11.9 Å². The molecule has 2 fully saturated rings. The van der Waals surface area contributed by atoms with E-state index in [0.717, 1.165) is 32.5 Å². The van der Waals surface area contributed by atoms with Crippen LogP contribution in [0.15, 0.2) is 30.5 Å². The highest BCUT2D eigenvalue weighted by molar-refractivity contribution is 5.88. The molecule has 6 heteroatoms. The van der Waals surface area contributed by atoms with Crippen LogP contribution < -0.4 is 0 Å². The summed E-state index contributed by atoms with van der Waals surface area (Å²) < 4.78 is 2.13. The predicted molar refractivity (Wildman–Crippen MR) is 98.7 cm³/mol. The van der Waals surface area contributed by atoms with Crippen molar-refractivity contribution in [3.8, 4) is 0 Å². The van der Waals surface area contributed by atoms with Crippen molar-refractivity contribution in [1.29, 1.82) is 0 Å². The second-order valence-electron chi connectivity index (χ2n) is 7.75. The number of rotatable bonds is 3. The van der Waals surface area contributed by atoms with Crippen molar-refractivity contribution >= 4 is 22.8 Å². The molecule has 2 aromatic rings. The van der Waals surface area contributed by atoms with E-state index < -0.39 is 17.4 Å². The van der Waals surface area contributed by atoms with Crippen molar-refractivity contribution < 1.29 is 14.7 Å². The summed E-state index contributed by atoms with van der Waals surface area (Å²) in [5, 5.41) is 10.8. The molecule has 1 N–H and O–H groups in total. The van der Waals surface area contributed by atoms with E-state index in [4.69, 9.17) is 0 Å². The molecule has 26 heavy (non-hydrogen) atoms. The van der Waals surface area contributed by atoms with Crippen LogP contribution in [0.3, 0.4) is 0 Å². The highest BCUT2D eigenvalue weighted by atomic mass is 16.4. The van der Waals surface area contributed by atoms with Crippen molar-refractivity contribution in [2.24, 2.45) is 13.0 Å². The molecule has 2 saturated heterocycles. The van der Waals surface area contributed by atoms with Gasteiger partial charge in [0.15, 0.2) is 0 Å². The van der Waals surface area contributed by atoms with Gasteiger partial charge in [0.25, 0.3) is 0 Å². The van der Waals surface area contributed by atoms with Crippen LogP contribution in [0.1, 0.15) is 24.8 Å². The molecule has 1 unspecified atom stereocenters. The smallest absolute Gasteiger partial charge is 0.309 e. The van der Waals surface area contributed by atoms with Gasteiger partial charge in [-0.15, -0.1) is 0 Å². The minimum absolute atomic E-state index is 0.0417. The van der Waals surface area contributed by atoms with Crippen molar-refractivity contribution in [2.75, 3.05) is 20.1 Å². The van der Waals surface area contributed by atoms with Gasteiger partial charge >= 0.3 is 5.97 Å². The first-order valence-electron chi connectivity index (χ1n) is 9.16. The van der Waals surface area contributed by atoms with Crippen LogP contribution in [0.2, 0.25) is 0 Å². The minimum atomic E-state index is -0.842. The van der Waals surface area contributed by atoms with Gasteiger partial charge in [-0.3, -0.25) is 14.5 Å². The Morgan fingerprint density at radius 3 is 2.65 bits per heavy atom. The van der Waals surface area contributed by atoms with E-state index in [9.17, 15) is 14.7 Å². The standard InChI is InChI=1S/C20H25N3O3/c1-21-8-5-15-4-3-14(11-17(15)21)13-23-9-6-20(7-10-23)16(19(25)26)12-18(24)22(20)2/h3-5,8,11,16H,6-7,9-10,12-13H2,1-2H3,(H,25,26). The minimum Gasteiger partial charge on any atom is -0.481 e. The molecule has 2 aliphatic heterocycles. The molecule has 1 aromatic carbocycles. The summed E-state index contributed by atoms with van der Waals surface area (Å²) in [6.07, 6.45) is 3.64. The number of likely N-dealkylation sites (tertiary alicyclic amines) is 2. The van der Waals surface area contributed by atoms with Gasteiger partial charge in [0.2, 0.25) is 5.91 Å². The number of piperidine rings is 1. The molecule has 6 nitrogen and oxygen atoms in total. The molecular weight excluding hydrogens is 330 g/mol. The summed E-state index contributed by atoms with van der Waals surface area (Å²) in [6.45, 7) is 2.48. The number of aromatic nitrogens is 1. The van der Waals surface area contributed by atoms with Crippen molar-refractivity contribution in [2.45, 2.75) is 31.3 Å². The van der Waals surface area contributed by atoms with Crippen LogP contribution in [-0.4, -0.2) is 57.0 Å². The molecule has 1 aromatic heterocycles. The van der Waals surface area contributed by atoms with Crippen molar-refractivity contribution in [3.05, 3.63) is 36.0 Å². The summed E-state index contributed by atoms with van der Waals surface area (Å²) in [6, 6.07) is 8.66. The topological polar surface area (TPSA) is 65.8 Å². The van der Waals surface area contributed by atoms with Crippen LogP contribution >= 0.6 is 0 Å². The van der Waals surface area contributed by atoms with Gasteiger partial charge in [0, 0.05) is 51.9 Å². The van der Waals surface area contributed by atoms with E-state index in [0.29, 0.717) is 0 Å². The Balaban J connectivity index is 1.48. The van der Waals surface area contributed by atoms with Crippen LogP contribution in [0.4, 0.5) is 0 Å². The number of hydrogen-bond acceptors (Lipinski definition) is 3. The zero-order valence-corrected chi connectivity index (χ0v) is 15.3. The quantitative estimate of drug-likeness (QED) is 0.915. The summed E-state index contributed by atoms with van der Waals surface area (Å²) >= 11 is 0. The van der Waals surface area contributed by atoms with Crippen molar-refractivity contribution in [1.82, 2.24) is 14.4 Å². The van der Waals surface area contributed by atoms with Gasteiger partial charge in [0.1, 0.15) is 0 Å². The number of carbonyl (C=O) groups is 2. The number of carboxylic acids is 1. The highest BCUT2D eigenvalue weighted by Gasteiger charge is 2.55. The average Bonchev–Trinajstić information content (AvgIpc) is 3.11. The first-order valence-corrected chi connectivity index (χ1v) is 9.16. The Hall–Kier alpha value is -2.34. The molecule has 4 rings (SSSR count). The molecule has 1 amide bonds. The Bertz CT molecular complexity index is 864. The van der Waals surface area contributed by atoms with Crippen LogP contribution in [0.25, 0.3) is 10.9 Å². The number of amides is 1. The van der Waals surface area contributed by atoms with Gasteiger partial charge in [-0.25, -0.2) is 0 Å². The summed E-state index contributed by atoms with van der Waals surface area (Å²) in [5.41, 5.74) is 1.98. The van der Waals surface area contributed by atoms with E-state index in [-0.39, 0.29) is 12.3 Å². The molecule has 3 heterocycles. The molecule has 0 radical (unpaired) electrons. The third kappa shape index (κ3) is 2.60. The second kappa shape index (κ2) is 6.13. The summed E-state index contributed by atoms with van der Waals surface area (Å²) in [7, 11) is 3.82. The van der Waals surface area contributed by atoms with E-state index in [1.165, 1.54) is 16.5 Å². The fourth-order valence-corrected chi connectivity index (χ4v) is 4.75. The predicted octanol–water partition coefficient (Wildman–Crippen LogP) is 2.08. The van der Waals surface area contributed by atoms with E-state index >= 15 is 0 Å². The number of hydrogen-bond donors (Lipinski definition) is 1. The number of carboxylic acid groups (broad SMARTS) is 1. The van der Waals surface area contributed by atoms with Crippen LogP contribution in [-0.2, 0) is 23.2 Å². The number of benzene rings is 1. The fourth-order valence-electron chi connectivity index (χ4n) is 4.75. The lowest BCUT2D eigenvalue weighted by Crippen LogP contribution is -2.55. The maximum atomic E-state index is 12.1. The molecule has 0 aliphatic carbocycles. The Morgan fingerprint density at radius 2 is 1.96 bits per heavy atom. The maximum absolute atomic E-state index is 12.1. The van der Waals surface area contributed by atoms with E-state index in [2.05, 4.69) is 47.0 Å². The lowest BCUT2D eigenvalue weighted by molar-refractivity contribution is -0.146. The van der Waals surface area contributed by atoms with Crippen molar-refractivity contribution in [3.63, 3.8) is 0 Å². The maximum Gasteiger partial charge on any atom is 0.309 e. The number of fused-ring (bicyclic) bond motifs is 1. The number of carbonyl (C=O) groups excluding carboxylic acids is 1. The van der Waals surface area contributed by atoms with Gasteiger partial charge in [-0.2, -0.15) is 0 Å². The molecule has 1 spiro atoms. The molecule has 0 saturated carbocycles. The Morgan fingerprint density at radius 1 is 1.23 bits per heavy atom. The van der Waals surface area contributed by atoms with E-state index in [1.807, 2.05) is 0 Å². The van der Waals surface area contributed by atoms with Gasteiger partial charge in [-0.05, 0) is 35.9 Å². The zero-order valence-electron chi connectivity index (χ0n) is 15.3. The highest BCUT2D eigenvalue weighted by Crippen LogP contribution is 2.43. The molecule has 0 bridgehead atoms. The van der Waals surface area contributed by atoms with Gasteiger partial charge in [-0.1, -0.05) is 12.1 Å². The fraction of sp³-hybridized carbons (Fsp3) is 0.500. The normalized spacial score (nSPS) is 23.2. The van der Waals surface area contributed by atoms with Gasteiger partial charge < -0.3 is 14.6 Å². The number of aliphatic carboxylic acids is 1. The third-order valence-corrected chi connectivity index (χ3v) is 6.45. The summed E-state index contributed by atoms with van der Waals surface area (Å²) in [5.74, 6) is -1.47. The summed E-state index contributed by atoms with van der Waals surface area (Å²) in [4.78, 5) is 27.9. The molecule has 1 atom stereocenters. The zero-order chi connectivity index (χ0) is 18.5. The third-order valence-electron chi connectivity index (χ3n) is 6.45. The first-order chi connectivity index (χ1) is 12.4. The van der Waals surface area contributed by atoms with Gasteiger partial charge in [0.05, 0.1) is 11.5 Å². The second-order valence-corrected chi connectivity index (χ2v) is 7.75. The Labute approximate surface area is 153 Å². The van der Waals surface area contributed by atoms with Crippen LogP contribution in [0.5, 0.6) is 0 Å². The lowest BCUT2D eigenvalue weighted by atomic mass is 9.77. The molecular formula is C20H25N3O3. The first kappa shape index (κ1) is 17.1.